The maximum Gasteiger partial charge on any atom is 0.345 e. The summed E-state index contributed by atoms with van der Waals surface area (Å²) >= 11 is 1.27. The molecule has 1 fully saturated rings. The number of carbonyl (C=O) groups excluding carboxylic acids is 14. The van der Waals surface area contributed by atoms with E-state index in [4.69, 9.17) is 38.5 Å². The quantitative estimate of drug-likeness (QED) is 0.0141. The van der Waals surface area contributed by atoms with Crippen molar-refractivity contribution >= 4 is 118 Å². The molecule has 0 saturated carbocycles. The number of nitrogens with zero attached hydrogens (tertiary/aromatic N) is 4. The molecule has 1 saturated heterocycles. The number of ether oxygens (including phenoxy) is 1. The second kappa shape index (κ2) is 48.3. The zero-order valence-corrected chi connectivity index (χ0v) is 67.3. The molecule has 24 N–H and O–H groups in total. The van der Waals surface area contributed by atoms with Gasteiger partial charge in [0.25, 0.3) is 5.91 Å². The number of aliphatic hydroxyl groups is 2. The molecule has 3 aromatic carbocycles. The van der Waals surface area contributed by atoms with E-state index in [0.717, 1.165) is 11.6 Å². The number of aromatic nitrogens is 3. The number of aliphatic hydroxyl groups excluding tert-OH is 2. The third-order valence-corrected chi connectivity index (χ3v) is 19.6. The van der Waals surface area contributed by atoms with Gasteiger partial charge in [0.15, 0.2) is 0 Å². The molecule has 12 atom stereocenters. The van der Waals surface area contributed by atoms with Crippen molar-refractivity contribution in [3.63, 3.8) is 0 Å². The summed E-state index contributed by atoms with van der Waals surface area (Å²) in [6.07, 6.45) is -0.626. The Bertz CT molecular complexity index is 4250. The molecule has 39 heteroatoms. The fraction of sp³-hybridized carbons (Fsp3) is 0.487. The van der Waals surface area contributed by atoms with Crippen LogP contribution in [-0.2, 0) is 68.7 Å². The summed E-state index contributed by atoms with van der Waals surface area (Å²) in [7, 11) is 1.52. The highest BCUT2D eigenvalue weighted by molar-refractivity contribution is 7.99. The van der Waals surface area contributed by atoms with Gasteiger partial charge in [-0.3, -0.25) is 67.3 Å². The van der Waals surface area contributed by atoms with E-state index in [1.807, 2.05) is 6.07 Å². The molecule has 3 heterocycles. The van der Waals surface area contributed by atoms with Crippen LogP contribution in [0.25, 0.3) is 23.1 Å². The molecule has 0 radical (unpaired) electrons. The minimum atomic E-state index is -1.88. The zero-order valence-electron chi connectivity index (χ0n) is 66.4. The average molecular weight is 1650 g/mol. The number of rotatable bonds is 35. The first-order valence-electron chi connectivity index (χ1n) is 38.7. The van der Waals surface area contributed by atoms with Crippen molar-refractivity contribution in [1.82, 2.24) is 83.5 Å². The van der Waals surface area contributed by atoms with Crippen LogP contribution in [0.4, 0.5) is 4.79 Å². The van der Waals surface area contributed by atoms with E-state index in [1.54, 1.807) is 117 Å². The molecule has 636 valence electrons. The summed E-state index contributed by atoms with van der Waals surface area (Å²) in [6.45, 7) is 4.97. The van der Waals surface area contributed by atoms with E-state index in [-0.39, 0.29) is 116 Å². The Kier molecular flexibility index (Phi) is 39.0. The predicted molar refractivity (Wildman–Crippen MR) is 433 cm³/mol. The average Bonchev–Trinajstić information content (AvgIpc) is 1.63. The summed E-state index contributed by atoms with van der Waals surface area (Å²) in [5.74, 6) is -11.9. The number of hydrogen-bond acceptors (Lipinski definition) is 25. The number of nitrogens with one attached hydrogen (secondary N) is 12. The fourth-order valence-corrected chi connectivity index (χ4v) is 13.4. The van der Waals surface area contributed by atoms with E-state index in [9.17, 15) is 72.5 Å². The van der Waals surface area contributed by atoms with Gasteiger partial charge in [0.2, 0.25) is 65.0 Å². The van der Waals surface area contributed by atoms with Crippen LogP contribution in [-0.4, -0.2) is 251 Å². The third kappa shape index (κ3) is 29.7. The largest absolute Gasteiger partial charge is 0.466 e. The number of amides is 13. The number of carbonyl (C=O) groups is 14. The SMILES string of the molecule is CNC(=O)c1ccccc1Sc1ccc2c(/C=C/c3ccccn3)nn(C(=O)N(CCCOC(C)=O)CCC(=O)N[C@@H](CCN)C(=O)N[C@H](C(=O)N[C@@H](CCN)C(=O)N[C@H]3CCNC(=O)[C@@H]([C@@H](C)O)NC(=O)[C@H](CCN)NC(=O)[C@H](CCN)NC(=O)[C@H](CC(C)C)NC(=O)[C@@H](Cc4ccccc4)NC(=O)[C@H](CCN)NC3=O)[C@@H](C)O)c2c1. The molecular formula is C78H111N21O17S. The molecule has 117 heavy (non-hydrogen) atoms. The van der Waals surface area contributed by atoms with Gasteiger partial charge < -0.3 is 112 Å². The Morgan fingerprint density at radius 2 is 1.22 bits per heavy atom. The third-order valence-electron chi connectivity index (χ3n) is 18.5. The molecule has 0 bridgehead atoms. The summed E-state index contributed by atoms with van der Waals surface area (Å²) in [4.78, 5) is 205. The van der Waals surface area contributed by atoms with Gasteiger partial charge in [-0.25, -0.2) is 4.79 Å². The van der Waals surface area contributed by atoms with E-state index in [0.29, 0.717) is 43.2 Å². The van der Waals surface area contributed by atoms with Gasteiger partial charge in [-0.15, -0.1) is 0 Å². The smallest absolute Gasteiger partial charge is 0.345 e. The lowest BCUT2D eigenvalue weighted by molar-refractivity contribution is -0.141. The molecular weight excluding hydrogens is 1540 g/mol. The second-order valence-electron chi connectivity index (χ2n) is 28.2. The van der Waals surface area contributed by atoms with Crippen LogP contribution in [0.2, 0.25) is 0 Å². The number of benzene rings is 3. The first-order valence-corrected chi connectivity index (χ1v) is 39.5. The van der Waals surface area contributed by atoms with Crippen LogP contribution in [0, 0.1) is 5.92 Å². The molecule has 0 spiro atoms. The fourth-order valence-electron chi connectivity index (χ4n) is 12.4. The van der Waals surface area contributed by atoms with Gasteiger partial charge in [-0.1, -0.05) is 74.1 Å². The lowest BCUT2D eigenvalue weighted by Gasteiger charge is -2.29. The Morgan fingerprint density at radius 1 is 0.641 bits per heavy atom. The molecule has 38 nitrogen and oxygen atoms in total. The van der Waals surface area contributed by atoms with Crippen molar-refractivity contribution in [2.75, 3.05) is 66.0 Å². The van der Waals surface area contributed by atoms with Gasteiger partial charge in [-0.05, 0) is 164 Å². The summed E-state index contributed by atoms with van der Waals surface area (Å²) in [5, 5.41) is 58.0. The molecule has 0 aliphatic carbocycles. The van der Waals surface area contributed by atoms with Gasteiger partial charge in [-0.2, -0.15) is 9.78 Å². The standard InChI is InChI=1S/C78H111N21O17S/c1-44(2)41-60-74(111)90-55(25-32-80)68(105)89-58(28-35-83)73(110)95-65(45(3)100)76(113)86-37-29-59(71(108)88-56(26-33-81)70(107)94-61(75(112)93-60)42-48-15-8-7-9-16-48)91-69(106)57(27-34-82)92-77(114)66(46(4)101)96-72(109)54(24-31-79)87-64(103)30-39-98(38-14-40-116-47(5)102)78(115)99-62-43-50(117-63-19-11-10-18-52(63)67(104)84-6)21-22-51(62)53(97-99)23-20-49-17-12-13-36-85-49/h7-13,15-23,36,43-46,54-61,65-66,100-101H,14,24-35,37-42,79-83H2,1-6H3,(H,84,104)(H,86,113)(H,87,103)(H,88,108)(H,89,105)(H,90,111)(H,91,106)(H,92,114)(H,93,112)(H,94,107)(H,95,110)(H,96,109)/b23-20+/t45-,46-,54+,55+,56+,57+,58+,59+,60+,61-,65-,66+/m1/s1. The van der Waals surface area contributed by atoms with E-state index >= 15 is 4.79 Å². The Hall–Kier alpha value is -11.3. The minimum absolute atomic E-state index is 0.0112. The van der Waals surface area contributed by atoms with Crippen LogP contribution in [0.3, 0.4) is 0 Å². The van der Waals surface area contributed by atoms with Crippen molar-refractivity contribution in [2.24, 2.45) is 34.6 Å². The van der Waals surface area contributed by atoms with Gasteiger partial charge in [0.1, 0.15) is 60.4 Å². The molecule has 1 aliphatic heterocycles. The Labute approximate surface area is 681 Å². The van der Waals surface area contributed by atoms with Crippen LogP contribution < -0.4 is 92.5 Å². The van der Waals surface area contributed by atoms with Crippen LogP contribution in [0.15, 0.2) is 107 Å². The lowest BCUT2D eigenvalue weighted by Crippen LogP contribution is -2.62. The number of esters is 1. The van der Waals surface area contributed by atoms with Gasteiger partial charge in [0, 0.05) is 67.8 Å². The summed E-state index contributed by atoms with van der Waals surface area (Å²) in [5.41, 5.74) is 32.1. The Balaban J connectivity index is 1.26. The topological polar surface area (TPSA) is 597 Å². The molecule has 1 aliphatic rings. The molecule has 0 unspecified atom stereocenters. The predicted octanol–water partition coefficient (Wildman–Crippen LogP) is -3.11. The Morgan fingerprint density at radius 3 is 1.81 bits per heavy atom. The van der Waals surface area contributed by atoms with E-state index < -0.39 is 169 Å². The van der Waals surface area contributed by atoms with E-state index in [1.165, 1.54) is 37.6 Å². The second-order valence-corrected chi connectivity index (χ2v) is 29.4. The molecule has 6 rings (SSSR count). The summed E-state index contributed by atoms with van der Waals surface area (Å²) in [6, 6.07) is 9.58. The first-order chi connectivity index (χ1) is 55.9. The van der Waals surface area contributed by atoms with Crippen molar-refractivity contribution in [2.45, 2.75) is 181 Å². The highest BCUT2D eigenvalue weighted by Crippen LogP contribution is 2.34. The normalized spacial score (nSPS) is 19.5. The van der Waals surface area contributed by atoms with Crippen molar-refractivity contribution < 1.29 is 82.1 Å². The maximum atomic E-state index is 15.0. The minimum Gasteiger partial charge on any atom is -0.466 e. The number of hydrogen-bond donors (Lipinski definition) is 19. The van der Waals surface area contributed by atoms with Crippen molar-refractivity contribution in [3.05, 3.63) is 120 Å². The first kappa shape index (κ1) is 94.5. The molecule has 5 aromatic rings. The van der Waals surface area contributed by atoms with Crippen LogP contribution in [0.5, 0.6) is 0 Å². The number of nitrogens with two attached hydrogens (primary N) is 5. The molecule has 2 aromatic heterocycles. The number of fused-ring (bicyclic) bond motifs is 1. The van der Waals surface area contributed by atoms with Crippen LogP contribution in [0.1, 0.15) is 120 Å². The molecule has 13 amide bonds. The highest BCUT2D eigenvalue weighted by Gasteiger charge is 2.38. The maximum absolute atomic E-state index is 15.0. The zero-order chi connectivity index (χ0) is 85.8. The van der Waals surface area contributed by atoms with Crippen LogP contribution >= 0.6 is 11.8 Å². The van der Waals surface area contributed by atoms with Crippen molar-refractivity contribution in [1.29, 1.82) is 0 Å². The monoisotopic (exact) mass is 1650 g/mol. The summed E-state index contributed by atoms with van der Waals surface area (Å²) < 4.78 is 6.36. The van der Waals surface area contributed by atoms with Gasteiger partial charge in [0.05, 0.1) is 41.3 Å². The highest BCUT2D eigenvalue weighted by atomic mass is 32.2. The van der Waals surface area contributed by atoms with Crippen molar-refractivity contribution in [3.8, 4) is 0 Å². The lowest BCUT2D eigenvalue weighted by atomic mass is 10.00. The van der Waals surface area contributed by atoms with Gasteiger partial charge >= 0.3 is 12.0 Å². The number of pyridine rings is 1. The van der Waals surface area contributed by atoms with E-state index in [2.05, 4.69) is 68.8 Å².